The molecule has 0 bridgehead atoms. The van der Waals surface area contributed by atoms with Crippen molar-refractivity contribution in [2.45, 2.75) is 37.3 Å². The van der Waals surface area contributed by atoms with Gasteiger partial charge < -0.3 is 25.5 Å². The number of nitrogens with one attached hydrogen (secondary N) is 1. The van der Waals surface area contributed by atoms with Crippen molar-refractivity contribution in [2.24, 2.45) is 5.73 Å². The summed E-state index contributed by atoms with van der Waals surface area (Å²) in [6.07, 6.45) is 5.19. The van der Waals surface area contributed by atoms with Crippen LogP contribution in [0.5, 0.6) is 0 Å². The topological polar surface area (TPSA) is 67.6 Å². The van der Waals surface area contributed by atoms with Gasteiger partial charge in [0.1, 0.15) is 6.29 Å². The fraction of sp³-hybridized carbons (Fsp3) is 0.923. The van der Waals surface area contributed by atoms with E-state index in [4.69, 9.17) is 10.5 Å². The quantitative estimate of drug-likeness (QED) is 0.462. The third-order valence-electron chi connectivity index (χ3n) is 3.92. The molecule has 1 saturated heterocycles. The zero-order valence-electron chi connectivity index (χ0n) is 11.1. The highest BCUT2D eigenvalue weighted by Crippen LogP contribution is 2.32. The van der Waals surface area contributed by atoms with Crippen LogP contribution in [0.2, 0.25) is 0 Å². The maximum absolute atomic E-state index is 10.7. The first-order chi connectivity index (χ1) is 8.74. The Morgan fingerprint density at radius 3 is 2.67 bits per heavy atom. The molecule has 0 unspecified atom stereocenters. The molecular weight excluding hydrogens is 230 g/mol. The van der Waals surface area contributed by atoms with Gasteiger partial charge in [-0.1, -0.05) is 0 Å². The van der Waals surface area contributed by atoms with Crippen molar-refractivity contribution in [2.75, 3.05) is 39.4 Å². The van der Waals surface area contributed by atoms with Crippen LogP contribution in [-0.4, -0.2) is 62.2 Å². The first-order valence-electron chi connectivity index (χ1n) is 7.01. The lowest BCUT2D eigenvalue weighted by atomic mass is 10.1. The van der Waals surface area contributed by atoms with E-state index in [1.54, 1.807) is 0 Å². The van der Waals surface area contributed by atoms with Gasteiger partial charge in [-0.15, -0.1) is 0 Å². The molecule has 3 N–H and O–H groups in total. The molecule has 104 valence electrons. The number of likely N-dealkylation sites (tertiary alicyclic amines) is 1. The standard InChI is InChI=1S/C13H25N3O2/c14-12-1-6-16(7-2-12)8-10-18-9-5-15-13(11-17)3-4-13/h11-12,15H,1-10,14H2. The predicted molar refractivity (Wildman–Crippen MR) is 70.5 cm³/mol. The lowest BCUT2D eigenvalue weighted by Gasteiger charge is -2.29. The van der Waals surface area contributed by atoms with Gasteiger partial charge in [0.15, 0.2) is 0 Å². The highest BCUT2D eigenvalue weighted by atomic mass is 16.5. The summed E-state index contributed by atoms with van der Waals surface area (Å²) in [5.41, 5.74) is 5.65. The van der Waals surface area contributed by atoms with Crippen molar-refractivity contribution in [3.8, 4) is 0 Å². The second-order valence-electron chi connectivity index (χ2n) is 5.49. The molecule has 5 nitrogen and oxygen atoms in total. The minimum atomic E-state index is -0.202. The monoisotopic (exact) mass is 255 g/mol. The molecular formula is C13H25N3O2. The molecule has 2 fully saturated rings. The first kappa shape index (κ1) is 13.9. The van der Waals surface area contributed by atoms with Crippen LogP contribution in [0, 0.1) is 0 Å². The highest BCUT2D eigenvalue weighted by Gasteiger charge is 2.41. The van der Waals surface area contributed by atoms with Crippen LogP contribution < -0.4 is 11.1 Å². The summed E-state index contributed by atoms with van der Waals surface area (Å²) in [4.78, 5) is 13.1. The zero-order valence-corrected chi connectivity index (χ0v) is 11.1. The molecule has 0 aromatic rings. The van der Waals surface area contributed by atoms with Gasteiger partial charge in [-0.2, -0.15) is 0 Å². The van der Waals surface area contributed by atoms with Crippen LogP contribution >= 0.6 is 0 Å². The number of aldehydes is 1. The third-order valence-corrected chi connectivity index (χ3v) is 3.92. The van der Waals surface area contributed by atoms with Crippen LogP contribution in [0.4, 0.5) is 0 Å². The molecule has 0 spiro atoms. The molecule has 5 heteroatoms. The molecule has 0 atom stereocenters. The number of carbonyl (C=O) groups excluding carboxylic acids is 1. The van der Waals surface area contributed by atoms with Crippen molar-refractivity contribution < 1.29 is 9.53 Å². The zero-order chi connectivity index (χ0) is 12.8. The Morgan fingerprint density at radius 2 is 2.06 bits per heavy atom. The van der Waals surface area contributed by atoms with Gasteiger partial charge in [0.25, 0.3) is 0 Å². The van der Waals surface area contributed by atoms with E-state index >= 15 is 0 Å². The summed E-state index contributed by atoms with van der Waals surface area (Å²) in [6.45, 7) is 5.40. The van der Waals surface area contributed by atoms with E-state index in [-0.39, 0.29) is 5.54 Å². The van der Waals surface area contributed by atoms with Crippen molar-refractivity contribution in [1.82, 2.24) is 10.2 Å². The van der Waals surface area contributed by atoms with Gasteiger partial charge in [-0.05, 0) is 38.8 Å². The Kier molecular flexibility index (Phi) is 5.12. The molecule has 0 aromatic heterocycles. The van der Waals surface area contributed by atoms with E-state index in [9.17, 15) is 4.79 Å². The number of hydrogen-bond donors (Lipinski definition) is 2. The third kappa shape index (κ3) is 4.31. The molecule has 0 radical (unpaired) electrons. The van der Waals surface area contributed by atoms with E-state index in [1.165, 1.54) is 0 Å². The molecule has 0 aromatic carbocycles. The molecule has 0 amide bonds. The van der Waals surface area contributed by atoms with E-state index in [1.807, 2.05) is 0 Å². The Hall–Kier alpha value is -0.490. The number of nitrogens with two attached hydrogens (primary N) is 1. The predicted octanol–water partition coefficient (Wildman–Crippen LogP) is -0.253. The van der Waals surface area contributed by atoms with Crippen LogP contribution in [-0.2, 0) is 9.53 Å². The maximum atomic E-state index is 10.7. The molecule has 1 aliphatic carbocycles. The van der Waals surface area contributed by atoms with E-state index in [0.29, 0.717) is 12.6 Å². The minimum Gasteiger partial charge on any atom is -0.379 e. The largest absolute Gasteiger partial charge is 0.379 e. The Morgan fingerprint density at radius 1 is 1.33 bits per heavy atom. The van der Waals surface area contributed by atoms with Gasteiger partial charge in [-0.3, -0.25) is 0 Å². The van der Waals surface area contributed by atoms with Gasteiger partial charge in [0.05, 0.1) is 18.8 Å². The van der Waals surface area contributed by atoms with Crippen LogP contribution in [0.25, 0.3) is 0 Å². The fourth-order valence-electron chi connectivity index (χ4n) is 2.32. The summed E-state index contributed by atoms with van der Waals surface area (Å²) < 4.78 is 5.58. The summed E-state index contributed by atoms with van der Waals surface area (Å²) in [7, 11) is 0. The van der Waals surface area contributed by atoms with Gasteiger partial charge in [0, 0.05) is 19.1 Å². The number of carbonyl (C=O) groups is 1. The van der Waals surface area contributed by atoms with E-state index < -0.39 is 0 Å². The Labute approximate surface area is 109 Å². The number of piperidine rings is 1. The van der Waals surface area contributed by atoms with Crippen LogP contribution in [0.3, 0.4) is 0 Å². The second-order valence-corrected chi connectivity index (χ2v) is 5.49. The smallest absolute Gasteiger partial charge is 0.140 e. The SMILES string of the molecule is NC1CCN(CCOCCNC2(C=O)CC2)CC1. The number of rotatable bonds is 8. The lowest BCUT2D eigenvalue weighted by molar-refractivity contribution is -0.110. The highest BCUT2D eigenvalue weighted by molar-refractivity contribution is 5.68. The van der Waals surface area contributed by atoms with E-state index in [0.717, 1.165) is 64.8 Å². The van der Waals surface area contributed by atoms with E-state index in [2.05, 4.69) is 10.2 Å². The van der Waals surface area contributed by atoms with Crippen molar-refractivity contribution in [3.05, 3.63) is 0 Å². The van der Waals surface area contributed by atoms with Crippen molar-refractivity contribution >= 4 is 6.29 Å². The summed E-state index contributed by atoms with van der Waals surface area (Å²) >= 11 is 0. The second kappa shape index (κ2) is 6.61. The Bertz CT molecular complexity index is 261. The van der Waals surface area contributed by atoms with Crippen LogP contribution in [0.1, 0.15) is 25.7 Å². The lowest BCUT2D eigenvalue weighted by Crippen LogP contribution is -2.41. The number of ether oxygens (including phenoxy) is 1. The summed E-state index contributed by atoms with van der Waals surface area (Å²) in [5.74, 6) is 0. The van der Waals surface area contributed by atoms with Crippen molar-refractivity contribution in [1.29, 1.82) is 0 Å². The first-order valence-corrected chi connectivity index (χ1v) is 7.01. The van der Waals surface area contributed by atoms with Crippen molar-refractivity contribution in [3.63, 3.8) is 0 Å². The Balaban J connectivity index is 1.43. The molecule has 1 aliphatic heterocycles. The van der Waals surface area contributed by atoms with Gasteiger partial charge in [0.2, 0.25) is 0 Å². The van der Waals surface area contributed by atoms with Crippen LogP contribution in [0.15, 0.2) is 0 Å². The number of nitrogens with zero attached hydrogens (tertiary/aromatic N) is 1. The minimum absolute atomic E-state index is 0.202. The molecule has 2 aliphatic rings. The number of hydrogen-bond acceptors (Lipinski definition) is 5. The molecule has 2 rings (SSSR count). The summed E-state index contributed by atoms with van der Waals surface area (Å²) in [6, 6.07) is 0.393. The normalized spacial score (nSPS) is 24.1. The van der Waals surface area contributed by atoms with Gasteiger partial charge >= 0.3 is 0 Å². The average molecular weight is 255 g/mol. The average Bonchev–Trinajstić information content (AvgIpc) is 3.16. The molecule has 1 heterocycles. The summed E-state index contributed by atoms with van der Waals surface area (Å²) in [5, 5.41) is 3.24. The fourth-order valence-corrected chi connectivity index (χ4v) is 2.32. The molecule has 18 heavy (non-hydrogen) atoms. The van der Waals surface area contributed by atoms with Gasteiger partial charge in [-0.25, -0.2) is 0 Å². The molecule has 1 saturated carbocycles. The maximum Gasteiger partial charge on any atom is 0.140 e.